The molecular formula is C29H32ClFN2O2. The first kappa shape index (κ1) is 25.1. The first-order chi connectivity index (χ1) is 16.7. The largest absolute Gasteiger partial charge is 0.415 e. The molecule has 3 aromatic rings. The molecule has 1 amide bonds. The molecule has 3 aromatic carbocycles. The molecule has 0 spiro atoms. The monoisotopic (exact) mass is 494 g/mol. The third kappa shape index (κ3) is 6.55. The Morgan fingerprint density at radius 1 is 1.06 bits per heavy atom. The molecule has 0 saturated carbocycles. The average Bonchev–Trinajstić information content (AvgIpc) is 2.82. The molecule has 35 heavy (non-hydrogen) atoms. The Balaban J connectivity index is 1.55. The molecule has 0 atom stereocenters. The van der Waals surface area contributed by atoms with Crippen LogP contribution in [-0.2, 0) is 24.8 Å². The normalized spacial score (nSPS) is 13.1. The second-order valence-corrected chi connectivity index (χ2v) is 10.5. The van der Waals surface area contributed by atoms with Crippen LogP contribution in [0.4, 0.5) is 14.9 Å². The van der Waals surface area contributed by atoms with Crippen molar-refractivity contribution in [2.75, 3.05) is 18.4 Å². The zero-order valence-corrected chi connectivity index (χ0v) is 21.3. The molecule has 4 rings (SSSR count). The minimum atomic E-state index is -0.441. The number of aryl methyl sites for hydroxylation is 1. The standard InChI is InChI=1S/C29H32ClFN2O2/c1-29(2,3)23-10-6-21(7-11-23)19-33(16-14-20-8-12-25(31)13-9-20)28(34)35-26-18-24(30)17-22-5-4-15-32-27(22)26/h6-13,17-18,32H,4-5,14-16,19H2,1-3H3. The summed E-state index contributed by atoms with van der Waals surface area (Å²) in [4.78, 5) is 15.1. The molecule has 0 aromatic heterocycles. The fourth-order valence-electron chi connectivity index (χ4n) is 4.25. The van der Waals surface area contributed by atoms with E-state index in [1.54, 1.807) is 23.1 Å². The van der Waals surface area contributed by atoms with Gasteiger partial charge in [-0.25, -0.2) is 9.18 Å². The molecule has 0 fully saturated rings. The molecule has 1 aliphatic heterocycles. The van der Waals surface area contributed by atoms with E-state index in [4.69, 9.17) is 16.3 Å². The van der Waals surface area contributed by atoms with Crippen molar-refractivity contribution in [2.45, 2.75) is 52.0 Å². The number of rotatable bonds is 6. The van der Waals surface area contributed by atoms with Crippen LogP contribution in [0.5, 0.6) is 5.75 Å². The Labute approximate surface area is 212 Å². The minimum absolute atomic E-state index is 0.0540. The summed E-state index contributed by atoms with van der Waals surface area (Å²) in [6.45, 7) is 8.19. The smallest absolute Gasteiger partial charge is 0.408 e. The van der Waals surface area contributed by atoms with Crippen LogP contribution in [0.25, 0.3) is 0 Å². The summed E-state index contributed by atoms with van der Waals surface area (Å²) in [5.41, 5.74) is 5.15. The lowest BCUT2D eigenvalue weighted by atomic mass is 9.87. The number of carbonyl (C=O) groups is 1. The van der Waals surface area contributed by atoms with E-state index in [-0.39, 0.29) is 11.2 Å². The Morgan fingerprint density at radius 3 is 2.43 bits per heavy atom. The predicted molar refractivity (Wildman–Crippen MR) is 140 cm³/mol. The summed E-state index contributed by atoms with van der Waals surface area (Å²) in [6, 6.07) is 18.3. The number of hydrogen-bond donors (Lipinski definition) is 1. The number of halogens is 2. The lowest BCUT2D eigenvalue weighted by Gasteiger charge is -2.26. The fraction of sp³-hybridized carbons (Fsp3) is 0.345. The van der Waals surface area contributed by atoms with Gasteiger partial charge in [-0.05, 0) is 65.1 Å². The van der Waals surface area contributed by atoms with E-state index in [0.29, 0.717) is 30.3 Å². The fourth-order valence-corrected chi connectivity index (χ4v) is 4.48. The van der Waals surface area contributed by atoms with Crippen LogP contribution in [-0.4, -0.2) is 24.1 Å². The molecule has 0 bridgehead atoms. The maximum Gasteiger partial charge on any atom is 0.415 e. The van der Waals surface area contributed by atoms with Crippen LogP contribution in [0.15, 0.2) is 60.7 Å². The van der Waals surface area contributed by atoms with Crippen molar-refractivity contribution in [1.29, 1.82) is 0 Å². The lowest BCUT2D eigenvalue weighted by Crippen LogP contribution is -2.35. The van der Waals surface area contributed by atoms with Crippen molar-refractivity contribution in [2.24, 2.45) is 0 Å². The van der Waals surface area contributed by atoms with E-state index in [9.17, 15) is 9.18 Å². The Hall–Kier alpha value is -3.05. The van der Waals surface area contributed by atoms with Gasteiger partial charge in [0.05, 0.1) is 5.69 Å². The highest BCUT2D eigenvalue weighted by Crippen LogP contribution is 2.36. The van der Waals surface area contributed by atoms with Gasteiger partial charge in [0, 0.05) is 30.7 Å². The zero-order valence-electron chi connectivity index (χ0n) is 20.5. The van der Waals surface area contributed by atoms with E-state index in [0.717, 1.165) is 41.8 Å². The molecule has 6 heteroatoms. The van der Waals surface area contributed by atoms with Crippen molar-refractivity contribution >= 4 is 23.4 Å². The van der Waals surface area contributed by atoms with Gasteiger partial charge in [0.1, 0.15) is 5.82 Å². The average molecular weight is 495 g/mol. The van der Waals surface area contributed by atoms with Gasteiger partial charge < -0.3 is 15.0 Å². The van der Waals surface area contributed by atoms with Gasteiger partial charge in [-0.3, -0.25) is 0 Å². The van der Waals surface area contributed by atoms with Gasteiger partial charge in [0.2, 0.25) is 0 Å². The molecule has 4 nitrogen and oxygen atoms in total. The number of benzene rings is 3. The Bertz CT molecular complexity index is 1170. The van der Waals surface area contributed by atoms with Crippen molar-refractivity contribution in [3.8, 4) is 5.75 Å². The molecule has 0 saturated heterocycles. The van der Waals surface area contributed by atoms with E-state index in [1.165, 1.54) is 17.7 Å². The second kappa shape index (κ2) is 10.7. The quantitative estimate of drug-likeness (QED) is 0.388. The summed E-state index contributed by atoms with van der Waals surface area (Å²) in [7, 11) is 0. The molecule has 1 heterocycles. The number of hydrogen-bond acceptors (Lipinski definition) is 3. The van der Waals surface area contributed by atoms with Gasteiger partial charge in [0.25, 0.3) is 0 Å². The number of carbonyl (C=O) groups excluding carboxylic acids is 1. The van der Waals surface area contributed by atoms with E-state index >= 15 is 0 Å². The maximum absolute atomic E-state index is 13.4. The number of anilines is 1. The van der Waals surface area contributed by atoms with Gasteiger partial charge in [-0.1, -0.05) is 68.8 Å². The van der Waals surface area contributed by atoms with Crippen LogP contribution >= 0.6 is 11.6 Å². The van der Waals surface area contributed by atoms with Gasteiger partial charge in [0.15, 0.2) is 5.75 Å². The summed E-state index contributed by atoms with van der Waals surface area (Å²) in [5.74, 6) is 0.175. The SMILES string of the molecule is CC(C)(C)c1ccc(CN(CCc2ccc(F)cc2)C(=O)Oc2cc(Cl)cc3c2NCCC3)cc1. The summed E-state index contributed by atoms with van der Waals surface area (Å²) in [6.07, 6.45) is 2.04. The van der Waals surface area contributed by atoms with Gasteiger partial charge >= 0.3 is 6.09 Å². The molecule has 0 aliphatic carbocycles. The van der Waals surface area contributed by atoms with Crippen LogP contribution < -0.4 is 10.1 Å². The van der Waals surface area contributed by atoms with Crippen LogP contribution in [0.1, 0.15) is 49.4 Å². The topological polar surface area (TPSA) is 41.6 Å². The van der Waals surface area contributed by atoms with Gasteiger partial charge in [-0.2, -0.15) is 0 Å². The minimum Gasteiger partial charge on any atom is -0.408 e. The van der Waals surface area contributed by atoms with E-state index in [1.807, 2.05) is 6.07 Å². The number of nitrogens with one attached hydrogen (secondary N) is 1. The highest BCUT2D eigenvalue weighted by Gasteiger charge is 2.22. The van der Waals surface area contributed by atoms with Crippen molar-refractivity contribution in [3.63, 3.8) is 0 Å². The van der Waals surface area contributed by atoms with E-state index < -0.39 is 6.09 Å². The molecule has 184 valence electrons. The van der Waals surface area contributed by atoms with Crippen LogP contribution in [0.3, 0.4) is 0 Å². The molecule has 1 aliphatic rings. The van der Waals surface area contributed by atoms with E-state index in [2.05, 4.69) is 50.4 Å². The zero-order chi connectivity index (χ0) is 25.0. The van der Waals surface area contributed by atoms with Crippen LogP contribution in [0.2, 0.25) is 5.02 Å². The first-order valence-corrected chi connectivity index (χ1v) is 12.4. The third-order valence-corrected chi connectivity index (χ3v) is 6.52. The van der Waals surface area contributed by atoms with Gasteiger partial charge in [-0.15, -0.1) is 0 Å². The highest BCUT2D eigenvalue weighted by atomic mass is 35.5. The molecule has 0 unspecified atom stereocenters. The Kier molecular flexibility index (Phi) is 7.66. The van der Waals surface area contributed by atoms with Crippen molar-refractivity contribution in [3.05, 3.63) is 93.8 Å². The lowest BCUT2D eigenvalue weighted by molar-refractivity contribution is 0.150. The first-order valence-electron chi connectivity index (χ1n) is 12.1. The maximum atomic E-state index is 13.4. The summed E-state index contributed by atoms with van der Waals surface area (Å²) in [5, 5.41) is 3.89. The van der Waals surface area contributed by atoms with Crippen LogP contribution in [0, 0.1) is 5.82 Å². The Morgan fingerprint density at radius 2 is 1.74 bits per heavy atom. The molecular weight excluding hydrogens is 463 g/mol. The highest BCUT2D eigenvalue weighted by molar-refractivity contribution is 6.31. The number of ether oxygens (including phenoxy) is 1. The summed E-state index contributed by atoms with van der Waals surface area (Å²) >= 11 is 6.32. The molecule has 0 radical (unpaired) electrons. The number of nitrogens with zero attached hydrogens (tertiary/aromatic N) is 1. The summed E-state index contributed by atoms with van der Waals surface area (Å²) < 4.78 is 19.2. The van der Waals surface area contributed by atoms with Crippen molar-refractivity contribution < 1.29 is 13.9 Å². The second-order valence-electron chi connectivity index (χ2n) is 10.1. The number of amides is 1. The van der Waals surface area contributed by atoms with Crippen molar-refractivity contribution in [1.82, 2.24) is 4.90 Å². The predicted octanol–water partition coefficient (Wildman–Crippen LogP) is 7.38. The third-order valence-electron chi connectivity index (χ3n) is 6.31. The molecule has 1 N–H and O–H groups in total. The number of fused-ring (bicyclic) bond motifs is 1.